The van der Waals surface area contributed by atoms with E-state index in [-0.39, 0.29) is 34.7 Å². The summed E-state index contributed by atoms with van der Waals surface area (Å²) in [7, 11) is 1.60. The largest absolute Gasteiger partial charge is 0.496 e. The van der Waals surface area contributed by atoms with Crippen molar-refractivity contribution in [3.05, 3.63) is 90.7 Å². The molecule has 0 bridgehead atoms. The average molecular weight is 607 g/mol. The standard InChI is InChI=1S/C31H31ClN4O7/c1-7-42-31(38)19(5)43-28-24(32)13-20(14-26(28)36(39)40)16-33-35-29(34-25-11-9-8-10-21(25)30(35)37)23-15-22(17(2)3)27(41-6)12-18(23)4/h8-17,19H,7H2,1-6H3/t19-/m1/s1. The summed E-state index contributed by atoms with van der Waals surface area (Å²) in [6.45, 7) is 9.12. The first-order chi connectivity index (χ1) is 20.5. The zero-order valence-electron chi connectivity index (χ0n) is 24.6. The van der Waals surface area contributed by atoms with Crippen molar-refractivity contribution in [2.75, 3.05) is 13.7 Å². The molecule has 3 aromatic carbocycles. The van der Waals surface area contributed by atoms with Crippen LogP contribution in [-0.4, -0.2) is 46.6 Å². The molecule has 11 nitrogen and oxygen atoms in total. The normalized spacial score (nSPS) is 12.1. The zero-order chi connectivity index (χ0) is 31.4. The van der Waals surface area contributed by atoms with Crippen LogP contribution in [0.2, 0.25) is 5.02 Å². The summed E-state index contributed by atoms with van der Waals surface area (Å²) in [5, 5.41) is 16.6. The minimum absolute atomic E-state index is 0.119. The Labute approximate surface area is 252 Å². The first kappa shape index (κ1) is 31.2. The molecule has 4 aromatic rings. The quantitative estimate of drug-likeness (QED) is 0.0891. The van der Waals surface area contributed by atoms with Crippen LogP contribution >= 0.6 is 11.6 Å². The topological polar surface area (TPSA) is 135 Å². The number of nitrogens with zero attached hydrogens (tertiary/aromatic N) is 4. The van der Waals surface area contributed by atoms with Crippen LogP contribution in [0.1, 0.15) is 50.3 Å². The summed E-state index contributed by atoms with van der Waals surface area (Å²) < 4.78 is 17.2. The van der Waals surface area contributed by atoms with Gasteiger partial charge in [-0.1, -0.05) is 37.6 Å². The number of halogens is 1. The monoisotopic (exact) mass is 606 g/mol. The van der Waals surface area contributed by atoms with Crippen LogP contribution in [0.5, 0.6) is 11.5 Å². The third-order valence-electron chi connectivity index (χ3n) is 6.67. The second-order valence-electron chi connectivity index (χ2n) is 10.00. The summed E-state index contributed by atoms with van der Waals surface area (Å²) in [5.41, 5.74) is 2.20. The summed E-state index contributed by atoms with van der Waals surface area (Å²) in [6.07, 6.45) is 0.144. The average Bonchev–Trinajstić information content (AvgIpc) is 2.97. The highest BCUT2D eigenvalue weighted by atomic mass is 35.5. The maximum Gasteiger partial charge on any atom is 0.347 e. The van der Waals surface area contributed by atoms with Crippen LogP contribution < -0.4 is 15.0 Å². The van der Waals surface area contributed by atoms with Crippen molar-refractivity contribution in [2.45, 2.75) is 46.6 Å². The number of hydrogen-bond acceptors (Lipinski definition) is 9. The lowest BCUT2D eigenvalue weighted by atomic mass is 9.96. The number of para-hydroxylation sites is 1. The van der Waals surface area contributed by atoms with E-state index < -0.39 is 28.2 Å². The van der Waals surface area contributed by atoms with Gasteiger partial charge in [-0.3, -0.25) is 14.9 Å². The van der Waals surface area contributed by atoms with Crippen LogP contribution in [0.15, 0.2) is 58.4 Å². The fourth-order valence-corrected chi connectivity index (χ4v) is 4.77. The molecule has 0 saturated heterocycles. The number of ether oxygens (including phenoxy) is 3. The van der Waals surface area contributed by atoms with E-state index in [9.17, 15) is 19.7 Å². The number of methoxy groups -OCH3 is 1. The van der Waals surface area contributed by atoms with E-state index >= 15 is 0 Å². The molecule has 43 heavy (non-hydrogen) atoms. The number of carbonyl (C=O) groups excluding carboxylic acids is 1. The van der Waals surface area contributed by atoms with Crippen molar-refractivity contribution in [3.8, 4) is 22.9 Å². The lowest BCUT2D eigenvalue weighted by molar-refractivity contribution is -0.386. The first-order valence-corrected chi connectivity index (χ1v) is 13.9. The molecule has 0 aliphatic heterocycles. The molecule has 0 saturated carbocycles. The Balaban J connectivity index is 1.88. The Morgan fingerprint density at radius 3 is 2.56 bits per heavy atom. The van der Waals surface area contributed by atoms with E-state index in [4.69, 9.17) is 30.8 Å². The molecule has 1 atom stereocenters. The number of esters is 1. The second kappa shape index (κ2) is 13.0. The van der Waals surface area contributed by atoms with E-state index in [1.807, 2.05) is 32.9 Å². The minimum Gasteiger partial charge on any atom is -0.496 e. The van der Waals surface area contributed by atoms with Gasteiger partial charge in [-0.25, -0.2) is 9.78 Å². The van der Waals surface area contributed by atoms with Crippen LogP contribution in [0.4, 0.5) is 5.69 Å². The van der Waals surface area contributed by atoms with Gasteiger partial charge in [-0.15, -0.1) is 0 Å². The smallest absolute Gasteiger partial charge is 0.347 e. The van der Waals surface area contributed by atoms with Crippen molar-refractivity contribution < 1.29 is 23.9 Å². The molecule has 0 aliphatic carbocycles. The van der Waals surface area contributed by atoms with Gasteiger partial charge in [0.1, 0.15) is 5.75 Å². The van der Waals surface area contributed by atoms with Crippen molar-refractivity contribution in [1.82, 2.24) is 9.66 Å². The molecule has 4 rings (SSSR count). The fraction of sp³-hybridized carbons (Fsp3) is 0.290. The number of nitro benzene ring substituents is 1. The lowest BCUT2D eigenvalue weighted by Crippen LogP contribution is -2.26. The van der Waals surface area contributed by atoms with Crippen LogP contribution in [0.25, 0.3) is 22.3 Å². The zero-order valence-corrected chi connectivity index (χ0v) is 25.3. The maximum absolute atomic E-state index is 13.7. The molecule has 0 spiro atoms. The van der Waals surface area contributed by atoms with Crippen molar-refractivity contribution in [1.29, 1.82) is 0 Å². The number of fused-ring (bicyclic) bond motifs is 1. The van der Waals surface area contributed by atoms with Gasteiger partial charge in [0.2, 0.25) is 5.75 Å². The number of nitro groups is 1. The van der Waals surface area contributed by atoms with Crippen LogP contribution in [0, 0.1) is 17.0 Å². The third-order valence-corrected chi connectivity index (χ3v) is 6.95. The Morgan fingerprint density at radius 2 is 1.91 bits per heavy atom. The van der Waals surface area contributed by atoms with Crippen molar-refractivity contribution in [2.24, 2.45) is 5.10 Å². The van der Waals surface area contributed by atoms with Crippen LogP contribution in [-0.2, 0) is 9.53 Å². The molecular formula is C31H31ClN4O7. The number of rotatable bonds is 10. The van der Waals surface area contributed by atoms with Gasteiger partial charge in [-0.05, 0) is 68.1 Å². The predicted octanol–water partition coefficient (Wildman–Crippen LogP) is 6.28. The number of carbonyl (C=O) groups is 1. The van der Waals surface area contributed by atoms with E-state index in [2.05, 4.69) is 5.10 Å². The predicted molar refractivity (Wildman–Crippen MR) is 165 cm³/mol. The highest BCUT2D eigenvalue weighted by molar-refractivity contribution is 6.32. The molecule has 12 heteroatoms. The van der Waals surface area contributed by atoms with E-state index in [1.165, 1.54) is 25.3 Å². The summed E-state index contributed by atoms with van der Waals surface area (Å²) in [6, 6.07) is 13.3. The molecule has 0 N–H and O–H groups in total. The number of aryl methyl sites for hydroxylation is 1. The summed E-state index contributed by atoms with van der Waals surface area (Å²) in [4.78, 5) is 41.8. The van der Waals surface area contributed by atoms with Gasteiger partial charge in [0.05, 0.1) is 40.8 Å². The molecule has 0 fully saturated rings. The lowest BCUT2D eigenvalue weighted by Gasteiger charge is -2.17. The summed E-state index contributed by atoms with van der Waals surface area (Å²) >= 11 is 6.38. The highest BCUT2D eigenvalue weighted by Gasteiger charge is 2.26. The van der Waals surface area contributed by atoms with E-state index in [0.29, 0.717) is 16.5 Å². The van der Waals surface area contributed by atoms with Gasteiger partial charge in [-0.2, -0.15) is 9.78 Å². The highest BCUT2D eigenvalue weighted by Crippen LogP contribution is 2.37. The van der Waals surface area contributed by atoms with Gasteiger partial charge < -0.3 is 14.2 Å². The van der Waals surface area contributed by atoms with E-state index in [0.717, 1.165) is 21.6 Å². The number of aromatic nitrogens is 2. The molecule has 0 aliphatic rings. The van der Waals surface area contributed by atoms with E-state index in [1.54, 1.807) is 38.3 Å². The molecule has 0 amide bonds. The number of hydrogen-bond donors (Lipinski definition) is 0. The Morgan fingerprint density at radius 1 is 1.19 bits per heavy atom. The second-order valence-corrected chi connectivity index (χ2v) is 10.4. The molecule has 224 valence electrons. The maximum atomic E-state index is 13.7. The van der Waals surface area contributed by atoms with Gasteiger partial charge >= 0.3 is 11.7 Å². The molecule has 0 unspecified atom stereocenters. The molecular weight excluding hydrogens is 576 g/mol. The first-order valence-electron chi connectivity index (χ1n) is 13.5. The Bertz CT molecular complexity index is 1800. The summed E-state index contributed by atoms with van der Waals surface area (Å²) in [5.74, 6) is 0.142. The SMILES string of the molecule is CCOC(=O)[C@@H](C)Oc1c(Cl)cc(C=Nn2c(-c3cc(C(C)C)c(OC)cc3C)nc3ccccc3c2=O)cc1[N+](=O)[O-]. The van der Waals surface area contributed by atoms with Gasteiger partial charge in [0.15, 0.2) is 11.9 Å². The minimum atomic E-state index is -1.14. The molecule has 1 aromatic heterocycles. The van der Waals surface area contributed by atoms with Gasteiger partial charge in [0.25, 0.3) is 5.56 Å². The Kier molecular flexibility index (Phi) is 9.45. The van der Waals surface area contributed by atoms with Crippen molar-refractivity contribution >= 4 is 40.4 Å². The fourth-order valence-electron chi connectivity index (χ4n) is 4.51. The molecule has 0 radical (unpaired) electrons. The number of benzene rings is 3. The van der Waals surface area contributed by atoms with Crippen LogP contribution in [0.3, 0.4) is 0 Å². The van der Waals surface area contributed by atoms with Gasteiger partial charge in [0, 0.05) is 17.2 Å². The molecule has 1 heterocycles. The third kappa shape index (κ3) is 6.51. The Hall–Kier alpha value is -4.77. The van der Waals surface area contributed by atoms with Crippen molar-refractivity contribution in [3.63, 3.8) is 0 Å².